The minimum absolute atomic E-state index is 0.316. The van der Waals surface area contributed by atoms with Gasteiger partial charge in [-0.15, -0.1) is 11.3 Å². The maximum Gasteiger partial charge on any atom is 0.278 e. The van der Waals surface area contributed by atoms with Crippen LogP contribution in [0, 0.1) is 6.92 Å². The third-order valence-electron chi connectivity index (χ3n) is 2.80. The Bertz CT molecular complexity index is 782. The van der Waals surface area contributed by atoms with Gasteiger partial charge in [0.1, 0.15) is 5.69 Å². The topological polar surface area (TPSA) is 70.7 Å². The number of aromatic amines is 1. The number of carbonyl (C=O) groups excluding carboxylic acids is 1. The molecule has 0 unspecified atom stereocenters. The van der Waals surface area contributed by atoms with Crippen molar-refractivity contribution in [2.75, 3.05) is 5.32 Å². The van der Waals surface area contributed by atoms with E-state index in [-0.39, 0.29) is 5.91 Å². The minimum atomic E-state index is -0.316. The molecular formula is C14H11ClN4OS. The number of carbonyl (C=O) groups is 1. The van der Waals surface area contributed by atoms with Crippen LogP contribution in [0.1, 0.15) is 15.5 Å². The van der Waals surface area contributed by atoms with Gasteiger partial charge in [0, 0.05) is 23.0 Å². The Morgan fingerprint density at radius 3 is 2.90 bits per heavy atom. The Morgan fingerprint density at radius 2 is 2.19 bits per heavy atom. The first-order valence-electron chi connectivity index (χ1n) is 6.18. The Hall–Kier alpha value is -2.18. The van der Waals surface area contributed by atoms with E-state index in [4.69, 9.17) is 11.6 Å². The lowest BCUT2D eigenvalue weighted by atomic mass is 10.1. The Balaban J connectivity index is 2.00. The summed E-state index contributed by atoms with van der Waals surface area (Å²) < 4.78 is 0. The molecule has 2 N–H and O–H groups in total. The van der Waals surface area contributed by atoms with Crippen LogP contribution < -0.4 is 5.32 Å². The highest BCUT2D eigenvalue weighted by molar-refractivity contribution is 7.15. The standard InChI is InChI=1S/C14H11ClN4OS/c1-8-18-11(13(20)19-14-16-6-7-17-14)12(21-8)9-4-2-3-5-10(9)15/h2-7H,1H3,(H2,16,17,19,20). The SMILES string of the molecule is Cc1nc(C(=O)Nc2ncc[nH]2)c(-c2ccccc2Cl)s1. The summed E-state index contributed by atoms with van der Waals surface area (Å²) in [4.78, 5) is 24.2. The molecule has 0 fully saturated rings. The second-order valence-corrected chi connectivity index (χ2v) is 5.89. The summed E-state index contributed by atoms with van der Waals surface area (Å²) in [6.45, 7) is 1.86. The average Bonchev–Trinajstić information content (AvgIpc) is 3.09. The summed E-state index contributed by atoms with van der Waals surface area (Å²) in [6, 6.07) is 7.39. The fourth-order valence-electron chi connectivity index (χ4n) is 1.91. The highest BCUT2D eigenvalue weighted by Gasteiger charge is 2.20. The first-order valence-corrected chi connectivity index (χ1v) is 7.37. The van der Waals surface area contributed by atoms with Gasteiger partial charge < -0.3 is 4.98 Å². The number of aromatic nitrogens is 3. The number of benzene rings is 1. The van der Waals surface area contributed by atoms with Crippen LogP contribution in [0.4, 0.5) is 5.95 Å². The van der Waals surface area contributed by atoms with E-state index in [1.807, 2.05) is 25.1 Å². The van der Waals surface area contributed by atoms with Crippen LogP contribution in [0.25, 0.3) is 10.4 Å². The summed E-state index contributed by atoms with van der Waals surface area (Å²) in [5.41, 5.74) is 1.15. The van der Waals surface area contributed by atoms with Gasteiger partial charge in [0.15, 0.2) is 0 Å². The van der Waals surface area contributed by atoms with E-state index in [1.165, 1.54) is 11.3 Å². The van der Waals surface area contributed by atoms with Gasteiger partial charge >= 0.3 is 0 Å². The molecule has 0 saturated carbocycles. The highest BCUT2D eigenvalue weighted by atomic mass is 35.5. The van der Waals surface area contributed by atoms with Gasteiger partial charge in [-0.25, -0.2) is 9.97 Å². The normalized spacial score (nSPS) is 10.6. The number of nitrogens with one attached hydrogen (secondary N) is 2. The van der Waals surface area contributed by atoms with E-state index in [9.17, 15) is 4.79 Å². The van der Waals surface area contributed by atoms with Crippen molar-refractivity contribution in [3.8, 4) is 10.4 Å². The molecule has 1 aromatic carbocycles. The molecule has 0 atom stereocenters. The first-order chi connectivity index (χ1) is 10.1. The van der Waals surface area contributed by atoms with Crippen molar-refractivity contribution in [2.24, 2.45) is 0 Å². The zero-order chi connectivity index (χ0) is 14.8. The molecule has 0 saturated heterocycles. The number of amides is 1. The molecule has 1 amide bonds. The van der Waals surface area contributed by atoms with E-state index in [1.54, 1.807) is 18.5 Å². The zero-order valence-electron chi connectivity index (χ0n) is 11.1. The molecule has 0 aliphatic carbocycles. The van der Waals surface area contributed by atoms with Crippen LogP contribution in [-0.2, 0) is 0 Å². The number of aryl methyl sites for hydroxylation is 1. The smallest absolute Gasteiger partial charge is 0.278 e. The van der Waals surface area contributed by atoms with Gasteiger partial charge in [-0.2, -0.15) is 0 Å². The van der Waals surface area contributed by atoms with Gasteiger partial charge in [0.25, 0.3) is 5.91 Å². The lowest BCUT2D eigenvalue weighted by Gasteiger charge is -2.04. The molecule has 106 valence electrons. The Labute approximate surface area is 130 Å². The van der Waals surface area contributed by atoms with Crippen LogP contribution in [0.15, 0.2) is 36.7 Å². The van der Waals surface area contributed by atoms with Crippen LogP contribution in [-0.4, -0.2) is 20.9 Å². The number of halogens is 1. The monoisotopic (exact) mass is 318 g/mol. The predicted molar refractivity (Wildman–Crippen MR) is 83.8 cm³/mol. The Kier molecular flexibility index (Phi) is 3.72. The molecular weight excluding hydrogens is 308 g/mol. The molecule has 0 aliphatic rings. The number of thiazole rings is 1. The lowest BCUT2D eigenvalue weighted by Crippen LogP contribution is -2.14. The van der Waals surface area contributed by atoms with Gasteiger partial charge in [-0.3, -0.25) is 10.1 Å². The number of hydrogen-bond donors (Lipinski definition) is 2. The van der Waals surface area contributed by atoms with E-state index in [0.29, 0.717) is 16.7 Å². The van der Waals surface area contributed by atoms with Gasteiger partial charge in [0.05, 0.1) is 9.88 Å². The third kappa shape index (κ3) is 2.81. The van der Waals surface area contributed by atoms with Crippen molar-refractivity contribution in [3.05, 3.63) is 52.4 Å². The van der Waals surface area contributed by atoms with Crippen molar-refractivity contribution in [3.63, 3.8) is 0 Å². The molecule has 21 heavy (non-hydrogen) atoms. The van der Waals surface area contributed by atoms with Crippen LogP contribution in [0.2, 0.25) is 5.02 Å². The molecule has 3 rings (SSSR count). The van der Waals surface area contributed by atoms with Crippen molar-refractivity contribution in [2.45, 2.75) is 6.92 Å². The molecule has 2 aromatic heterocycles. The summed E-state index contributed by atoms with van der Waals surface area (Å²) in [5, 5.41) is 4.07. The summed E-state index contributed by atoms with van der Waals surface area (Å²) in [6.07, 6.45) is 3.20. The zero-order valence-corrected chi connectivity index (χ0v) is 12.6. The molecule has 0 aliphatic heterocycles. The minimum Gasteiger partial charge on any atom is -0.331 e. The van der Waals surface area contributed by atoms with Crippen molar-refractivity contribution in [1.29, 1.82) is 0 Å². The molecule has 2 heterocycles. The van der Waals surface area contributed by atoms with Crippen molar-refractivity contribution >= 4 is 34.8 Å². The Morgan fingerprint density at radius 1 is 1.38 bits per heavy atom. The molecule has 5 nitrogen and oxygen atoms in total. The highest BCUT2D eigenvalue weighted by Crippen LogP contribution is 2.35. The van der Waals surface area contributed by atoms with E-state index in [2.05, 4.69) is 20.3 Å². The summed E-state index contributed by atoms with van der Waals surface area (Å²) >= 11 is 7.65. The molecule has 0 bridgehead atoms. The van der Waals surface area contributed by atoms with Crippen LogP contribution >= 0.6 is 22.9 Å². The van der Waals surface area contributed by atoms with Gasteiger partial charge in [-0.05, 0) is 13.0 Å². The summed E-state index contributed by atoms with van der Waals surface area (Å²) in [5.74, 6) is 0.0694. The fourth-order valence-corrected chi connectivity index (χ4v) is 3.15. The fraction of sp³-hybridized carbons (Fsp3) is 0.0714. The number of anilines is 1. The van der Waals surface area contributed by atoms with E-state index < -0.39 is 0 Å². The quantitative estimate of drug-likeness (QED) is 0.772. The number of rotatable bonds is 3. The largest absolute Gasteiger partial charge is 0.331 e. The second kappa shape index (κ2) is 5.67. The van der Waals surface area contributed by atoms with Crippen molar-refractivity contribution in [1.82, 2.24) is 15.0 Å². The lowest BCUT2D eigenvalue weighted by molar-refractivity contribution is 0.102. The van der Waals surface area contributed by atoms with Crippen molar-refractivity contribution < 1.29 is 4.79 Å². The number of H-pyrrole nitrogens is 1. The third-order valence-corrected chi connectivity index (χ3v) is 4.13. The van der Waals surface area contributed by atoms with E-state index in [0.717, 1.165) is 15.4 Å². The number of nitrogens with zero attached hydrogens (tertiary/aromatic N) is 2. The molecule has 3 aromatic rings. The average molecular weight is 319 g/mol. The first kappa shape index (κ1) is 13.8. The van der Waals surface area contributed by atoms with Crippen LogP contribution in [0.3, 0.4) is 0 Å². The predicted octanol–water partition coefficient (Wildman–Crippen LogP) is 3.75. The molecule has 7 heteroatoms. The number of hydrogen-bond acceptors (Lipinski definition) is 4. The maximum absolute atomic E-state index is 12.4. The molecule has 0 radical (unpaired) electrons. The maximum atomic E-state index is 12.4. The van der Waals surface area contributed by atoms with Gasteiger partial charge in [-0.1, -0.05) is 29.8 Å². The molecule has 0 spiro atoms. The summed E-state index contributed by atoms with van der Waals surface area (Å²) in [7, 11) is 0. The van der Waals surface area contributed by atoms with E-state index >= 15 is 0 Å². The van der Waals surface area contributed by atoms with Crippen LogP contribution in [0.5, 0.6) is 0 Å². The second-order valence-electron chi connectivity index (χ2n) is 4.28. The van der Waals surface area contributed by atoms with Gasteiger partial charge in [0.2, 0.25) is 5.95 Å². The number of imidazole rings is 1.